The number of hydrogen-bond donors (Lipinski definition) is 0. The number of halogens is 4. The zero-order chi connectivity index (χ0) is 13.1. The van der Waals surface area contributed by atoms with Crippen molar-refractivity contribution >= 4 is 43.5 Å². The van der Waals surface area contributed by atoms with Gasteiger partial charge in [-0.05, 0) is 57.7 Å². The number of benzene rings is 2. The van der Waals surface area contributed by atoms with Crippen LogP contribution in [-0.4, -0.2) is 0 Å². The van der Waals surface area contributed by atoms with Crippen LogP contribution >= 0.6 is 43.5 Å². The molecule has 2 aromatic carbocycles. The summed E-state index contributed by atoms with van der Waals surface area (Å²) in [6.45, 7) is 0. The highest BCUT2D eigenvalue weighted by Crippen LogP contribution is 2.29. The summed E-state index contributed by atoms with van der Waals surface area (Å²) in [4.78, 5) is 0.0845. The molecule has 0 heterocycles. The van der Waals surface area contributed by atoms with Gasteiger partial charge < -0.3 is 0 Å². The van der Waals surface area contributed by atoms with E-state index >= 15 is 0 Å². The Kier molecular flexibility index (Phi) is 4.82. The molecule has 0 aromatic heterocycles. The van der Waals surface area contributed by atoms with Crippen LogP contribution in [0.5, 0.6) is 0 Å². The van der Waals surface area contributed by atoms with Gasteiger partial charge in [-0.1, -0.05) is 45.7 Å². The maximum Gasteiger partial charge on any atom is 0.137 e. The third kappa shape index (κ3) is 3.56. The molecule has 0 spiro atoms. The molecule has 0 aliphatic heterocycles. The SMILES string of the molecule is Fc1cc(C(Br)Cc2ccc(Cl)cc2)ccc1Br. The van der Waals surface area contributed by atoms with Gasteiger partial charge in [-0.3, -0.25) is 0 Å². The van der Waals surface area contributed by atoms with Crippen LogP contribution in [-0.2, 0) is 6.42 Å². The maximum absolute atomic E-state index is 13.4. The van der Waals surface area contributed by atoms with Crippen molar-refractivity contribution in [2.45, 2.75) is 11.2 Å². The van der Waals surface area contributed by atoms with Gasteiger partial charge in [0.05, 0.1) is 4.47 Å². The van der Waals surface area contributed by atoms with E-state index in [0.717, 1.165) is 22.6 Å². The van der Waals surface area contributed by atoms with E-state index in [1.165, 1.54) is 0 Å². The molecule has 0 aliphatic carbocycles. The summed E-state index contributed by atoms with van der Waals surface area (Å²) < 4.78 is 13.9. The Morgan fingerprint density at radius 2 is 1.78 bits per heavy atom. The first-order valence-electron chi connectivity index (χ1n) is 5.40. The molecule has 4 heteroatoms. The molecule has 0 bridgehead atoms. The predicted molar refractivity (Wildman–Crippen MR) is 80.9 cm³/mol. The van der Waals surface area contributed by atoms with Gasteiger partial charge in [0.15, 0.2) is 0 Å². The van der Waals surface area contributed by atoms with Gasteiger partial charge in [0.1, 0.15) is 5.82 Å². The zero-order valence-electron chi connectivity index (χ0n) is 9.34. The molecule has 0 fully saturated rings. The fraction of sp³-hybridized carbons (Fsp3) is 0.143. The summed E-state index contributed by atoms with van der Waals surface area (Å²) in [5.74, 6) is -0.243. The number of rotatable bonds is 3. The van der Waals surface area contributed by atoms with Gasteiger partial charge in [0, 0.05) is 9.85 Å². The summed E-state index contributed by atoms with van der Waals surface area (Å²) in [6.07, 6.45) is 0.790. The Morgan fingerprint density at radius 3 is 2.39 bits per heavy atom. The zero-order valence-corrected chi connectivity index (χ0v) is 13.3. The van der Waals surface area contributed by atoms with Crippen molar-refractivity contribution in [1.29, 1.82) is 0 Å². The van der Waals surface area contributed by atoms with Crippen LogP contribution in [0.25, 0.3) is 0 Å². The predicted octanol–water partition coefficient (Wildman–Crippen LogP) is 5.92. The fourth-order valence-corrected chi connectivity index (χ4v) is 2.68. The van der Waals surface area contributed by atoms with E-state index in [1.807, 2.05) is 30.3 Å². The van der Waals surface area contributed by atoms with E-state index in [9.17, 15) is 4.39 Å². The topological polar surface area (TPSA) is 0 Å². The average molecular weight is 392 g/mol. The molecule has 18 heavy (non-hydrogen) atoms. The number of alkyl halides is 1. The highest BCUT2D eigenvalue weighted by molar-refractivity contribution is 9.10. The lowest BCUT2D eigenvalue weighted by molar-refractivity contribution is 0.618. The smallest absolute Gasteiger partial charge is 0.137 e. The normalized spacial score (nSPS) is 12.4. The van der Waals surface area contributed by atoms with E-state index in [2.05, 4.69) is 31.9 Å². The summed E-state index contributed by atoms with van der Waals surface area (Å²) >= 11 is 12.6. The second kappa shape index (κ2) is 6.18. The van der Waals surface area contributed by atoms with Crippen LogP contribution in [0.4, 0.5) is 4.39 Å². The van der Waals surface area contributed by atoms with E-state index in [1.54, 1.807) is 12.1 Å². The monoisotopic (exact) mass is 390 g/mol. The van der Waals surface area contributed by atoms with Crippen molar-refractivity contribution in [3.05, 3.63) is 68.9 Å². The quantitative estimate of drug-likeness (QED) is 0.569. The molecular formula is C14H10Br2ClF. The lowest BCUT2D eigenvalue weighted by Crippen LogP contribution is -1.96. The van der Waals surface area contributed by atoms with Crippen LogP contribution in [0.15, 0.2) is 46.9 Å². The first kappa shape index (κ1) is 14.0. The molecule has 0 amide bonds. The minimum atomic E-state index is -0.243. The Balaban J connectivity index is 2.13. The average Bonchev–Trinajstić information content (AvgIpc) is 2.35. The lowest BCUT2D eigenvalue weighted by atomic mass is 10.0. The molecule has 2 aromatic rings. The van der Waals surface area contributed by atoms with E-state index in [-0.39, 0.29) is 10.6 Å². The Bertz CT molecular complexity index is 540. The Morgan fingerprint density at radius 1 is 1.11 bits per heavy atom. The van der Waals surface area contributed by atoms with Crippen molar-refractivity contribution in [1.82, 2.24) is 0 Å². The third-order valence-corrected chi connectivity index (χ3v) is 4.38. The first-order valence-corrected chi connectivity index (χ1v) is 7.48. The molecule has 0 N–H and O–H groups in total. The molecule has 0 aliphatic rings. The summed E-state index contributed by atoms with van der Waals surface area (Å²) in [5, 5.41) is 0.722. The molecule has 94 valence electrons. The second-order valence-electron chi connectivity index (χ2n) is 3.97. The molecule has 0 saturated carbocycles. The Hall–Kier alpha value is -0.380. The van der Waals surface area contributed by atoms with Crippen LogP contribution < -0.4 is 0 Å². The molecule has 1 atom stereocenters. The largest absolute Gasteiger partial charge is 0.206 e. The highest BCUT2D eigenvalue weighted by atomic mass is 79.9. The first-order chi connectivity index (χ1) is 8.56. The minimum Gasteiger partial charge on any atom is -0.206 e. The fourth-order valence-electron chi connectivity index (χ4n) is 1.65. The van der Waals surface area contributed by atoms with E-state index in [4.69, 9.17) is 11.6 Å². The van der Waals surface area contributed by atoms with Crippen LogP contribution in [0.3, 0.4) is 0 Å². The number of hydrogen-bond acceptors (Lipinski definition) is 0. The summed E-state index contributed by atoms with van der Waals surface area (Å²) in [7, 11) is 0. The standard InChI is InChI=1S/C14H10Br2ClF/c15-12-6-3-10(8-14(12)18)13(16)7-9-1-4-11(17)5-2-9/h1-6,8,13H,7H2. The molecule has 1 unspecified atom stereocenters. The van der Waals surface area contributed by atoms with Crippen LogP contribution in [0, 0.1) is 5.82 Å². The maximum atomic E-state index is 13.4. The molecule has 0 saturated heterocycles. The highest BCUT2D eigenvalue weighted by Gasteiger charge is 2.10. The van der Waals surface area contributed by atoms with Crippen molar-refractivity contribution in [2.24, 2.45) is 0 Å². The van der Waals surface area contributed by atoms with Gasteiger partial charge in [-0.25, -0.2) is 4.39 Å². The molecule has 0 nitrogen and oxygen atoms in total. The van der Waals surface area contributed by atoms with Crippen molar-refractivity contribution in [3.8, 4) is 0 Å². The molecule has 0 radical (unpaired) electrons. The van der Waals surface area contributed by atoms with Crippen LogP contribution in [0.2, 0.25) is 5.02 Å². The van der Waals surface area contributed by atoms with E-state index < -0.39 is 0 Å². The minimum absolute atomic E-state index is 0.0845. The van der Waals surface area contributed by atoms with E-state index in [0.29, 0.717) is 4.47 Å². The summed E-state index contributed by atoms with van der Waals surface area (Å²) in [6, 6.07) is 12.8. The van der Waals surface area contributed by atoms with Gasteiger partial charge >= 0.3 is 0 Å². The van der Waals surface area contributed by atoms with Gasteiger partial charge in [-0.15, -0.1) is 0 Å². The lowest BCUT2D eigenvalue weighted by Gasteiger charge is -2.11. The molecular weight excluding hydrogens is 382 g/mol. The second-order valence-corrected chi connectivity index (χ2v) is 6.37. The van der Waals surface area contributed by atoms with Crippen molar-refractivity contribution in [2.75, 3.05) is 0 Å². The molecule has 2 rings (SSSR count). The van der Waals surface area contributed by atoms with Gasteiger partial charge in [0.25, 0.3) is 0 Å². The van der Waals surface area contributed by atoms with Gasteiger partial charge in [-0.2, -0.15) is 0 Å². The van der Waals surface area contributed by atoms with Gasteiger partial charge in [0.2, 0.25) is 0 Å². The van der Waals surface area contributed by atoms with Crippen molar-refractivity contribution in [3.63, 3.8) is 0 Å². The summed E-state index contributed by atoms with van der Waals surface area (Å²) in [5.41, 5.74) is 2.08. The Labute approximate surface area is 127 Å². The van der Waals surface area contributed by atoms with Crippen molar-refractivity contribution < 1.29 is 4.39 Å². The van der Waals surface area contributed by atoms with Crippen LogP contribution in [0.1, 0.15) is 16.0 Å². The third-order valence-electron chi connectivity index (χ3n) is 2.63.